The van der Waals surface area contributed by atoms with Crippen LogP contribution in [0.25, 0.3) is 11.4 Å². The molecule has 0 radical (unpaired) electrons. The van der Waals surface area contributed by atoms with Gasteiger partial charge in [0.1, 0.15) is 12.5 Å². The van der Waals surface area contributed by atoms with Gasteiger partial charge in [-0.05, 0) is 42.9 Å². The van der Waals surface area contributed by atoms with Gasteiger partial charge in [-0.1, -0.05) is 0 Å². The molecule has 1 fully saturated rings. The molecule has 1 aromatic carbocycles. The van der Waals surface area contributed by atoms with Gasteiger partial charge >= 0.3 is 0 Å². The van der Waals surface area contributed by atoms with Gasteiger partial charge in [0.25, 0.3) is 0 Å². The van der Waals surface area contributed by atoms with Crippen molar-refractivity contribution >= 4 is 9.84 Å². The number of hydrogen-bond donors (Lipinski definition) is 0. The first-order chi connectivity index (χ1) is 10.4. The summed E-state index contributed by atoms with van der Waals surface area (Å²) in [5.74, 6) is 0.488. The summed E-state index contributed by atoms with van der Waals surface area (Å²) in [5.41, 5.74) is 0.679. The van der Waals surface area contributed by atoms with Crippen LogP contribution in [0, 0.1) is 5.82 Å². The Morgan fingerprint density at radius 3 is 2.73 bits per heavy atom. The number of rotatable bonds is 4. The van der Waals surface area contributed by atoms with Crippen molar-refractivity contribution in [2.24, 2.45) is 0 Å². The number of aromatic nitrogens is 4. The summed E-state index contributed by atoms with van der Waals surface area (Å²) in [5, 5.41) is 12.1. The second-order valence-electron chi connectivity index (χ2n) is 5.45. The third kappa shape index (κ3) is 3.30. The van der Waals surface area contributed by atoms with E-state index in [1.54, 1.807) is 12.1 Å². The molecule has 3 rings (SSSR count). The maximum atomic E-state index is 12.9. The highest BCUT2D eigenvalue weighted by atomic mass is 32.2. The topological polar surface area (TPSA) is 81.0 Å². The minimum atomic E-state index is -2.92. The van der Waals surface area contributed by atoms with Gasteiger partial charge in [-0.25, -0.2) is 12.8 Å². The lowest BCUT2D eigenvalue weighted by Crippen LogP contribution is -2.35. The highest BCUT2D eigenvalue weighted by molar-refractivity contribution is 7.91. The molecular weight excluding hydrogens is 309 g/mol. The Morgan fingerprint density at radius 1 is 1.36 bits per heavy atom. The molecule has 0 saturated carbocycles. The summed E-state index contributed by atoms with van der Waals surface area (Å²) in [6.45, 7) is 0.356. The largest absolute Gasteiger partial charge is 0.282 e. The molecule has 0 N–H and O–H groups in total. The van der Waals surface area contributed by atoms with Gasteiger partial charge in [-0.3, -0.25) is 4.90 Å². The molecule has 22 heavy (non-hydrogen) atoms. The Hall–Kier alpha value is -1.87. The number of hydrogen-bond acceptors (Lipinski definition) is 6. The summed E-state index contributed by atoms with van der Waals surface area (Å²) >= 11 is 0. The molecule has 9 heteroatoms. The molecule has 2 aromatic rings. The molecule has 1 aliphatic heterocycles. The van der Waals surface area contributed by atoms with Crippen LogP contribution < -0.4 is 0 Å². The average Bonchev–Trinajstić information content (AvgIpc) is 3.06. The minimum absolute atomic E-state index is 0.0229. The first-order valence-electron chi connectivity index (χ1n) is 6.87. The molecule has 2 heterocycles. The van der Waals surface area contributed by atoms with Crippen LogP contribution in [0.4, 0.5) is 4.39 Å². The molecule has 1 aromatic heterocycles. The van der Waals surface area contributed by atoms with Gasteiger partial charge in [0.05, 0.1) is 11.5 Å². The lowest BCUT2D eigenvalue weighted by Gasteiger charge is -2.21. The van der Waals surface area contributed by atoms with Crippen molar-refractivity contribution in [1.82, 2.24) is 25.1 Å². The minimum Gasteiger partial charge on any atom is -0.282 e. The van der Waals surface area contributed by atoms with Crippen molar-refractivity contribution < 1.29 is 12.8 Å². The third-order valence-electron chi connectivity index (χ3n) is 3.74. The predicted octanol–water partition coefficient (Wildman–Crippen LogP) is 0.556. The fraction of sp³-hybridized carbons (Fsp3) is 0.462. The molecule has 7 nitrogen and oxygen atoms in total. The van der Waals surface area contributed by atoms with Crippen molar-refractivity contribution in [3.8, 4) is 11.4 Å². The Kier molecular flexibility index (Phi) is 3.92. The van der Waals surface area contributed by atoms with Crippen LogP contribution in [-0.4, -0.2) is 58.1 Å². The third-order valence-corrected chi connectivity index (χ3v) is 5.49. The van der Waals surface area contributed by atoms with Crippen molar-refractivity contribution in [2.75, 3.05) is 18.6 Å². The van der Waals surface area contributed by atoms with Crippen LogP contribution in [-0.2, 0) is 16.5 Å². The molecule has 0 amide bonds. The zero-order valence-electron chi connectivity index (χ0n) is 12.1. The number of tetrazole rings is 1. The fourth-order valence-electron chi connectivity index (χ4n) is 2.46. The van der Waals surface area contributed by atoms with Gasteiger partial charge in [-0.15, -0.1) is 15.0 Å². The van der Waals surface area contributed by atoms with Crippen LogP contribution >= 0.6 is 0 Å². The van der Waals surface area contributed by atoms with Gasteiger partial charge in [0.2, 0.25) is 5.82 Å². The number of nitrogens with zero attached hydrogens (tertiary/aromatic N) is 5. The maximum Gasteiger partial charge on any atom is 0.204 e. The molecule has 0 spiro atoms. The summed E-state index contributed by atoms with van der Waals surface area (Å²) < 4.78 is 35.9. The summed E-state index contributed by atoms with van der Waals surface area (Å²) in [6.07, 6.45) is 0.623. The van der Waals surface area contributed by atoms with Crippen molar-refractivity contribution in [3.05, 3.63) is 30.1 Å². The Labute approximate surface area is 127 Å². The van der Waals surface area contributed by atoms with E-state index in [1.807, 2.05) is 11.9 Å². The molecular formula is C13H16FN5O2S. The van der Waals surface area contributed by atoms with Crippen molar-refractivity contribution in [2.45, 2.75) is 19.1 Å². The Bertz CT molecular complexity index is 759. The van der Waals surface area contributed by atoms with E-state index in [-0.39, 0.29) is 23.4 Å². The zero-order chi connectivity index (χ0) is 15.7. The van der Waals surface area contributed by atoms with Gasteiger partial charge in [0, 0.05) is 11.6 Å². The molecule has 1 atom stereocenters. The molecule has 0 aliphatic carbocycles. The lowest BCUT2D eigenvalue weighted by molar-refractivity contribution is 0.184. The quantitative estimate of drug-likeness (QED) is 0.817. The SMILES string of the molecule is CN(Cn1nnc(-c2ccc(F)cc2)n1)[C@@H]1CCS(=O)(=O)C1. The van der Waals surface area contributed by atoms with E-state index in [0.29, 0.717) is 24.5 Å². The molecule has 118 valence electrons. The average molecular weight is 325 g/mol. The summed E-state index contributed by atoms with van der Waals surface area (Å²) in [6, 6.07) is 5.83. The fourth-order valence-corrected chi connectivity index (χ4v) is 4.26. The number of sulfone groups is 1. The molecule has 0 bridgehead atoms. The second-order valence-corrected chi connectivity index (χ2v) is 7.68. The smallest absolute Gasteiger partial charge is 0.204 e. The standard InChI is InChI=1S/C13H16FN5O2S/c1-18(12-6-7-22(20,21)8-12)9-19-16-13(15-17-19)10-2-4-11(14)5-3-10/h2-5,12H,6-9H2,1H3/t12-/m1/s1. The zero-order valence-corrected chi connectivity index (χ0v) is 12.9. The highest BCUT2D eigenvalue weighted by Gasteiger charge is 2.30. The first kappa shape index (κ1) is 15.0. The van der Waals surface area contributed by atoms with E-state index in [2.05, 4.69) is 15.4 Å². The van der Waals surface area contributed by atoms with Crippen LogP contribution in [0.2, 0.25) is 0 Å². The first-order valence-corrected chi connectivity index (χ1v) is 8.69. The summed E-state index contributed by atoms with van der Waals surface area (Å²) in [7, 11) is -1.08. The highest BCUT2D eigenvalue weighted by Crippen LogP contribution is 2.17. The molecule has 1 aliphatic rings. The number of halogens is 1. The van der Waals surface area contributed by atoms with E-state index in [0.717, 1.165) is 0 Å². The van der Waals surface area contributed by atoms with Crippen LogP contribution in [0.1, 0.15) is 6.42 Å². The van der Waals surface area contributed by atoms with E-state index >= 15 is 0 Å². The van der Waals surface area contributed by atoms with E-state index in [9.17, 15) is 12.8 Å². The Morgan fingerprint density at radius 2 is 2.09 bits per heavy atom. The van der Waals surface area contributed by atoms with Gasteiger partial charge in [0.15, 0.2) is 9.84 Å². The predicted molar refractivity (Wildman–Crippen MR) is 78.0 cm³/mol. The normalized spacial score (nSPS) is 20.6. The monoisotopic (exact) mass is 325 g/mol. The van der Waals surface area contributed by atoms with Gasteiger partial charge in [-0.2, -0.15) is 0 Å². The van der Waals surface area contributed by atoms with Crippen molar-refractivity contribution in [1.29, 1.82) is 0 Å². The van der Waals surface area contributed by atoms with E-state index in [1.165, 1.54) is 16.9 Å². The lowest BCUT2D eigenvalue weighted by atomic mass is 10.2. The Balaban J connectivity index is 1.68. The van der Waals surface area contributed by atoms with E-state index < -0.39 is 9.84 Å². The number of benzene rings is 1. The van der Waals surface area contributed by atoms with Crippen LogP contribution in [0.3, 0.4) is 0 Å². The van der Waals surface area contributed by atoms with Crippen LogP contribution in [0.5, 0.6) is 0 Å². The molecule has 0 unspecified atom stereocenters. The van der Waals surface area contributed by atoms with Gasteiger partial charge < -0.3 is 0 Å². The van der Waals surface area contributed by atoms with E-state index in [4.69, 9.17) is 0 Å². The van der Waals surface area contributed by atoms with Crippen molar-refractivity contribution in [3.63, 3.8) is 0 Å². The second kappa shape index (κ2) is 5.73. The van der Waals surface area contributed by atoms with Crippen LogP contribution in [0.15, 0.2) is 24.3 Å². The maximum absolute atomic E-state index is 12.9. The summed E-state index contributed by atoms with van der Waals surface area (Å²) in [4.78, 5) is 3.31. The molecule has 1 saturated heterocycles.